The third kappa shape index (κ3) is 4.77. The van der Waals surface area contributed by atoms with Gasteiger partial charge in [-0.15, -0.1) is 0 Å². The second kappa shape index (κ2) is 8.38. The van der Waals surface area contributed by atoms with Crippen LogP contribution in [-0.2, 0) is 9.59 Å². The number of benzene rings is 1. The predicted octanol–water partition coefficient (Wildman–Crippen LogP) is 1.99. The summed E-state index contributed by atoms with van der Waals surface area (Å²) in [5.74, 6) is 0.655. The number of nitrogens with zero attached hydrogens (tertiary/aromatic N) is 2. The summed E-state index contributed by atoms with van der Waals surface area (Å²) in [6.45, 7) is 2.12. The molecular formula is C21H23N3O5. The van der Waals surface area contributed by atoms with E-state index in [2.05, 4.69) is 5.32 Å². The number of hydrogen-bond acceptors (Lipinski definition) is 5. The number of ether oxygens (including phenoxy) is 1. The molecule has 1 aromatic carbocycles. The van der Waals surface area contributed by atoms with E-state index in [-0.39, 0.29) is 36.0 Å². The molecule has 2 aliphatic rings. The highest BCUT2D eigenvalue weighted by atomic mass is 16.5. The minimum Gasteiger partial charge on any atom is -0.484 e. The van der Waals surface area contributed by atoms with Gasteiger partial charge in [0.05, 0.1) is 6.26 Å². The van der Waals surface area contributed by atoms with E-state index >= 15 is 0 Å². The maximum absolute atomic E-state index is 12.4. The van der Waals surface area contributed by atoms with E-state index < -0.39 is 0 Å². The zero-order chi connectivity index (χ0) is 20.2. The average Bonchev–Trinajstić information content (AvgIpc) is 3.45. The van der Waals surface area contributed by atoms with E-state index in [9.17, 15) is 14.4 Å². The highest BCUT2D eigenvalue weighted by Crippen LogP contribution is 2.31. The molecule has 2 heterocycles. The van der Waals surface area contributed by atoms with Crippen LogP contribution in [-0.4, -0.2) is 60.3 Å². The Bertz CT molecular complexity index is 883. The van der Waals surface area contributed by atoms with Crippen LogP contribution in [0.15, 0.2) is 47.1 Å². The van der Waals surface area contributed by atoms with Gasteiger partial charge in [-0.3, -0.25) is 14.4 Å². The quantitative estimate of drug-likeness (QED) is 0.805. The summed E-state index contributed by atoms with van der Waals surface area (Å²) in [6, 6.07) is 10.1. The molecule has 0 spiro atoms. The standard InChI is InChI=1S/C21H23N3O5/c25-19(23-8-10-24(11-9-23)21(27)15-6-7-15)14-29-17-4-1-3-16(13-17)22-20(26)18-5-2-12-28-18/h1-5,12-13,15H,6-11,14H2,(H,22,26). The molecule has 1 saturated carbocycles. The van der Waals surface area contributed by atoms with Crippen LogP contribution in [0, 0.1) is 5.92 Å². The van der Waals surface area contributed by atoms with Crippen molar-refractivity contribution in [2.45, 2.75) is 12.8 Å². The van der Waals surface area contributed by atoms with Gasteiger partial charge in [-0.1, -0.05) is 6.07 Å². The molecule has 2 fully saturated rings. The number of amides is 3. The Hall–Kier alpha value is -3.29. The molecule has 0 bridgehead atoms. The van der Waals surface area contributed by atoms with Gasteiger partial charge in [-0.2, -0.15) is 0 Å². The Morgan fingerprint density at radius 1 is 1.03 bits per heavy atom. The summed E-state index contributed by atoms with van der Waals surface area (Å²) >= 11 is 0. The molecule has 1 aliphatic heterocycles. The minimum absolute atomic E-state index is 0.0911. The zero-order valence-corrected chi connectivity index (χ0v) is 16.0. The molecular weight excluding hydrogens is 374 g/mol. The summed E-state index contributed by atoms with van der Waals surface area (Å²) in [7, 11) is 0. The van der Waals surface area contributed by atoms with Gasteiger partial charge in [-0.25, -0.2) is 0 Å². The Balaban J connectivity index is 1.25. The SMILES string of the molecule is O=C(Nc1cccc(OCC(=O)N2CCN(C(=O)C3CC3)CC2)c1)c1ccco1. The lowest BCUT2D eigenvalue weighted by atomic mass is 10.2. The molecule has 29 heavy (non-hydrogen) atoms. The Morgan fingerprint density at radius 2 is 1.79 bits per heavy atom. The first-order valence-electron chi connectivity index (χ1n) is 9.74. The van der Waals surface area contributed by atoms with E-state index in [1.54, 1.807) is 41.3 Å². The number of piperazine rings is 1. The molecule has 8 nitrogen and oxygen atoms in total. The van der Waals surface area contributed by atoms with Gasteiger partial charge in [0, 0.05) is 43.9 Å². The van der Waals surface area contributed by atoms with Gasteiger partial charge in [0.2, 0.25) is 5.91 Å². The molecule has 152 valence electrons. The van der Waals surface area contributed by atoms with Crippen molar-refractivity contribution in [1.82, 2.24) is 9.80 Å². The van der Waals surface area contributed by atoms with E-state index in [1.807, 2.05) is 4.90 Å². The third-order valence-electron chi connectivity index (χ3n) is 5.07. The van der Waals surface area contributed by atoms with Gasteiger partial charge < -0.3 is 24.3 Å². The van der Waals surface area contributed by atoms with Crippen molar-refractivity contribution in [1.29, 1.82) is 0 Å². The van der Waals surface area contributed by atoms with Gasteiger partial charge in [-0.05, 0) is 37.1 Å². The fourth-order valence-corrected chi connectivity index (χ4v) is 3.27. The maximum Gasteiger partial charge on any atom is 0.291 e. The normalized spacial score (nSPS) is 16.4. The van der Waals surface area contributed by atoms with Crippen molar-refractivity contribution in [3.8, 4) is 5.75 Å². The summed E-state index contributed by atoms with van der Waals surface area (Å²) in [4.78, 5) is 40.1. The van der Waals surface area contributed by atoms with Crippen LogP contribution in [0.25, 0.3) is 0 Å². The Morgan fingerprint density at radius 3 is 2.48 bits per heavy atom. The third-order valence-corrected chi connectivity index (χ3v) is 5.07. The fourth-order valence-electron chi connectivity index (χ4n) is 3.27. The predicted molar refractivity (Wildman–Crippen MR) is 104 cm³/mol. The van der Waals surface area contributed by atoms with Crippen LogP contribution in [0.1, 0.15) is 23.4 Å². The number of hydrogen-bond donors (Lipinski definition) is 1. The van der Waals surface area contributed by atoms with Crippen LogP contribution < -0.4 is 10.1 Å². The lowest BCUT2D eigenvalue weighted by molar-refractivity contribution is -0.141. The van der Waals surface area contributed by atoms with Crippen LogP contribution in [0.3, 0.4) is 0 Å². The van der Waals surface area contributed by atoms with E-state index in [1.165, 1.54) is 6.26 Å². The number of furan rings is 1. The highest BCUT2D eigenvalue weighted by molar-refractivity contribution is 6.02. The highest BCUT2D eigenvalue weighted by Gasteiger charge is 2.35. The summed E-state index contributed by atoms with van der Waals surface area (Å²) < 4.78 is 10.7. The molecule has 1 aliphatic carbocycles. The fraction of sp³-hybridized carbons (Fsp3) is 0.381. The van der Waals surface area contributed by atoms with Crippen molar-refractivity contribution >= 4 is 23.4 Å². The number of rotatable bonds is 6. The average molecular weight is 397 g/mol. The van der Waals surface area contributed by atoms with Crippen molar-refractivity contribution in [3.05, 3.63) is 48.4 Å². The Kier molecular flexibility index (Phi) is 5.50. The Labute approximate surface area is 168 Å². The molecule has 4 rings (SSSR count). The molecule has 0 radical (unpaired) electrons. The van der Waals surface area contributed by atoms with Gasteiger partial charge in [0.1, 0.15) is 5.75 Å². The molecule has 8 heteroatoms. The van der Waals surface area contributed by atoms with Crippen LogP contribution in [0.4, 0.5) is 5.69 Å². The summed E-state index contributed by atoms with van der Waals surface area (Å²) in [5.41, 5.74) is 0.545. The minimum atomic E-state index is -0.359. The van der Waals surface area contributed by atoms with Gasteiger partial charge in [0.25, 0.3) is 11.8 Å². The number of nitrogens with one attached hydrogen (secondary N) is 1. The second-order valence-corrected chi connectivity index (χ2v) is 7.23. The number of anilines is 1. The van der Waals surface area contributed by atoms with Crippen LogP contribution in [0.5, 0.6) is 5.75 Å². The molecule has 1 saturated heterocycles. The molecule has 0 atom stereocenters. The summed E-state index contributed by atoms with van der Waals surface area (Å²) in [5, 5.41) is 2.72. The van der Waals surface area contributed by atoms with Crippen LogP contribution >= 0.6 is 0 Å². The first-order chi connectivity index (χ1) is 14.1. The second-order valence-electron chi connectivity index (χ2n) is 7.23. The van der Waals surface area contributed by atoms with Gasteiger partial charge in [0.15, 0.2) is 12.4 Å². The molecule has 2 aromatic rings. The monoisotopic (exact) mass is 397 g/mol. The molecule has 0 unspecified atom stereocenters. The first-order valence-corrected chi connectivity index (χ1v) is 9.74. The van der Waals surface area contributed by atoms with Crippen molar-refractivity contribution in [3.63, 3.8) is 0 Å². The van der Waals surface area contributed by atoms with Crippen molar-refractivity contribution in [2.75, 3.05) is 38.1 Å². The zero-order valence-electron chi connectivity index (χ0n) is 16.0. The topological polar surface area (TPSA) is 92.1 Å². The van der Waals surface area contributed by atoms with Crippen LogP contribution in [0.2, 0.25) is 0 Å². The maximum atomic E-state index is 12.4. The lowest BCUT2D eigenvalue weighted by Gasteiger charge is -2.34. The largest absolute Gasteiger partial charge is 0.484 e. The smallest absolute Gasteiger partial charge is 0.291 e. The van der Waals surface area contributed by atoms with Crippen molar-refractivity contribution in [2.24, 2.45) is 5.92 Å². The van der Waals surface area contributed by atoms with E-state index in [4.69, 9.17) is 9.15 Å². The number of carbonyl (C=O) groups is 3. The molecule has 1 N–H and O–H groups in total. The van der Waals surface area contributed by atoms with E-state index in [0.717, 1.165) is 12.8 Å². The first kappa shape index (κ1) is 19.0. The van der Waals surface area contributed by atoms with Crippen molar-refractivity contribution < 1.29 is 23.5 Å². The molecule has 1 aromatic heterocycles. The van der Waals surface area contributed by atoms with E-state index in [0.29, 0.717) is 37.6 Å². The molecule has 3 amide bonds. The number of carbonyl (C=O) groups excluding carboxylic acids is 3. The lowest BCUT2D eigenvalue weighted by Crippen LogP contribution is -2.52. The summed E-state index contributed by atoms with van der Waals surface area (Å²) in [6.07, 6.45) is 3.42. The van der Waals surface area contributed by atoms with Gasteiger partial charge >= 0.3 is 0 Å².